The van der Waals surface area contributed by atoms with Gasteiger partial charge >= 0.3 is 5.69 Å². The van der Waals surface area contributed by atoms with Gasteiger partial charge in [-0.1, -0.05) is 12.1 Å². The van der Waals surface area contributed by atoms with Crippen LogP contribution in [0.25, 0.3) is 11.2 Å². The van der Waals surface area contributed by atoms with E-state index in [0.717, 1.165) is 10.1 Å². The van der Waals surface area contributed by atoms with Crippen molar-refractivity contribution in [1.29, 1.82) is 0 Å². The van der Waals surface area contributed by atoms with Crippen LogP contribution in [0, 0.1) is 5.82 Å². The number of carbonyl (C=O) groups is 1. The van der Waals surface area contributed by atoms with Gasteiger partial charge in [-0.15, -0.1) is 0 Å². The first-order chi connectivity index (χ1) is 12.9. The second kappa shape index (κ2) is 6.19. The molecule has 1 amide bonds. The number of imidazole rings is 1. The third-order valence-corrected chi connectivity index (χ3v) is 4.96. The lowest BCUT2D eigenvalue weighted by Crippen LogP contribution is -2.46. The molecule has 140 valence electrons. The quantitative estimate of drug-likeness (QED) is 0.659. The molecule has 0 aliphatic carbocycles. The van der Waals surface area contributed by atoms with Crippen LogP contribution in [-0.4, -0.2) is 31.1 Å². The van der Waals surface area contributed by atoms with E-state index in [1.54, 1.807) is 19.2 Å². The average molecular weight is 371 g/mol. The van der Waals surface area contributed by atoms with E-state index in [9.17, 15) is 18.8 Å². The Kier molecular flexibility index (Phi) is 3.94. The fraction of sp³-hybridized carbons (Fsp3) is 0.333. The first-order valence-corrected chi connectivity index (χ1v) is 8.58. The predicted molar refractivity (Wildman–Crippen MR) is 97.3 cm³/mol. The third kappa shape index (κ3) is 2.57. The molecule has 0 bridgehead atoms. The van der Waals surface area contributed by atoms with Crippen LogP contribution in [0.3, 0.4) is 0 Å². The molecule has 1 aliphatic heterocycles. The largest absolute Gasteiger partial charge is 0.332 e. The van der Waals surface area contributed by atoms with Crippen LogP contribution in [0.2, 0.25) is 0 Å². The number of amides is 1. The normalized spacial score (nSPS) is 13.8. The van der Waals surface area contributed by atoms with E-state index in [-0.39, 0.29) is 16.9 Å². The molecule has 8 nitrogen and oxygen atoms in total. The number of hydrogen-bond donors (Lipinski definition) is 0. The van der Waals surface area contributed by atoms with Gasteiger partial charge in [-0.25, -0.2) is 18.7 Å². The molecular weight excluding hydrogens is 353 g/mol. The number of fused-ring (bicyclic) bond motifs is 2. The van der Waals surface area contributed by atoms with Crippen molar-refractivity contribution in [1.82, 2.24) is 18.7 Å². The number of anilines is 1. The third-order valence-electron chi connectivity index (χ3n) is 4.96. The summed E-state index contributed by atoms with van der Waals surface area (Å²) in [6.07, 6.45) is 2.81. The fourth-order valence-electron chi connectivity index (χ4n) is 3.61. The molecule has 2 aromatic heterocycles. The summed E-state index contributed by atoms with van der Waals surface area (Å²) in [5, 5.41) is 0. The van der Waals surface area contributed by atoms with E-state index in [2.05, 4.69) is 4.98 Å². The number of aromatic nitrogens is 4. The molecule has 27 heavy (non-hydrogen) atoms. The minimum Gasteiger partial charge on any atom is -0.328 e. The van der Waals surface area contributed by atoms with Gasteiger partial charge in [0.25, 0.3) is 5.56 Å². The Morgan fingerprint density at radius 2 is 2.04 bits per heavy atom. The highest BCUT2D eigenvalue weighted by atomic mass is 19.1. The molecular formula is C18H18FN5O3. The van der Waals surface area contributed by atoms with Crippen molar-refractivity contribution in [3.63, 3.8) is 0 Å². The van der Waals surface area contributed by atoms with Crippen molar-refractivity contribution >= 4 is 22.8 Å². The summed E-state index contributed by atoms with van der Waals surface area (Å²) in [4.78, 5) is 43.6. The molecule has 4 rings (SSSR count). The number of hydrogen-bond acceptors (Lipinski definition) is 4. The minimum atomic E-state index is -0.634. The molecule has 3 heterocycles. The van der Waals surface area contributed by atoms with Crippen LogP contribution in [0.5, 0.6) is 0 Å². The van der Waals surface area contributed by atoms with Crippen LogP contribution in [-0.2, 0) is 31.9 Å². The summed E-state index contributed by atoms with van der Waals surface area (Å²) < 4.78 is 17.9. The highest BCUT2D eigenvalue weighted by Crippen LogP contribution is 2.30. The highest BCUT2D eigenvalue weighted by molar-refractivity contribution is 5.94. The minimum absolute atomic E-state index is 0.232. The number of para-hydroxylation sites is 1. The molecule has 0 unspecified atom stereocenters. The number of benzene rings is 1. The van der Waals surface area contributed by atoms with Gasteiger partial charge in [0.1, 0.15) is 12.4 Å². The Morgan fingerprint density at radius 1 is 1.26 bits per heavy atom. The summed E-state index contributed by atoms with van der Waals surface area (Å²) in [7, 11) is 3.14. The number of rotatable bonds is 2. The van der Waals surface area contributed by atoms with E-state index >= 15 is 0 Å². The van der Waals surface area contributed by atoms with Gasteiger partial charge in [0.15, 0.2) is 11.2 Å². The molecule has 1 aliphatic rings. The Labute approximate surface area is 153 Å². The van der Waals surface area contributed by atoms with Crippen LogP contribution in [0.4, 0.5) is 10.1 Å². The van der Waals surface area contributed by atoms with Gasteiger partial charge in [-0.2, -0.15) is 0 Å². The standard InChI is InChI=1S/C18H18FN5O3/c1-21-10-20-16-15(21)17(26)24(18(27)22(16)2)9-13(25)23-8-4-6-11-5-3-7-12(19)14(11)23/h3,5,7,10H,4,6,8-9H2,1-2H3. The second-order valence-electron chi connectivity index (χ2n) is 6.66. The van der Waals surface area contributed by atoms with Crippen LogP contribution in [0.15, 0.2) is 34.1 Å². The smallest absolute Gasteiger partial charge is 0.328 e. The summed E-state index contributed by atoms with van der Waals surface area (Å²) in [5.41, 5.74) is 0.246. The summed E-state index contributed by atoms with van der Waals surface area (Å²) in [5.74, 6) is -0.982. The Bertz CT molecular complexity index is 1190. The zero-order valence-electron chi connectivity index (χ0n) is 15.0. The van der Waals surface area contributed by atoms with Gasteiger partial charge in [0, 0.05) is 20.6 Å². The lowest BCUT2D eigenvalue weighted by Gasteiger charge is -2.30. The van der Waals surface area contributed by atoms with Crippen molar-refractivity contribution in [2.24, 2.45) is 14.1 Å². The molecule has 1 aromatic carbocycles. The van der Waals surface area contributed by atoms with Crippen LogP contribution in [0.1, 0.15) is 12.0 Å². The maximum absolute atomic E-state index is 14.3. The number of carbonyl (C=O) groups excluding carboxylic acids is 1. The fourth-order valence-corrected chi connectivity index (χ4v) is 3.61. The first-order valence-electron chi connectivity index (χ1n) is 8.58. The predicted octanol–water partition coefficient (Wildman–Crippen LogP) is 0.552. The molecule has 0 fully saturated rings. The highest BCUT2D eigenvalue weighted by Gasteiger charge is 2.27. The molecule has 0 saturated carbocycles. The lowest BCUT2D eigenvalue weighted by atomic mass is 10.0. The maximum atomic E-state index is 14.3. The molecule has 0 atom stereocenters. The molecule has 0 N–H and O–H groups in total. The number of aryl methyl sites for hydroxylation is 3. The van der Waals surface area contributed by atoms with E-state index in [0.29, 0.717) is 19.4 Å². The average Bonchev–Trinajstić information content (AvgIpc) is 3.05. The zero-order chi connectivity index (χ0) is 19.3. The molecule has 0 saturated heterocycles. The van der Waals surface area contributed by atoms with E-state index in [4.69, 9.17) is 0 Å². The van der Waals surface area contributed by atoms with Crippen LogP contribution < -0.4 is 16.1 Å². The van der Waals surface area contributed by atoms with Crippen molar-refractivity contribution in [2.75, 3.05) is 11.4 Å². The second-order valence-corrected chi connectivity index (χ2v) is 6.66. The zero-order valence-corrected chi connectivity index (χ0v) is 15.0. The molecule has 9 heteroatoms. The van der Waals surface area contributed by atoms with Crippen molar-refractivity contribution < 1.29 is 9.18 Å². The van der Waals surface area contributed by atoms with E-state index < -0.39 is 29.5 Å². The molecule has 0 spiro atoms. The monoisotopic (exact) mass is 371 g/mol. The maximum Gasteiger partial charge on any atom is 0.332 e. The van der Waals surface area contributed by atoms with E-state index in [1.165, 1.54) is 33.5 Å². The number of nitrogens with zero attached hydrogens (tertiary/aromatic N) is 5. The van der Waals surface area contributed by atoms with Crippen molar-refractivity contribution in [2.45, 2.75) is 19.4 Å². The lowest BCUT2D eigenvalue weighted by molar-refractivity contribution is -0.119. The molecule has 3 aromatic rings. The summed E-state index contributed by atoms with van der Waals surface area (Å²) >= 11 is 0. The van der Waals surface area contributed by atoms with Gasteiger partial charge in [-0.05, 0) is 24.5 Å². The molecule has 0 radical (unpaired) electrons. The Morgan fingerprint density at radius 3 is 2.81 bits per heavy atom. The Hall–Kier alpha value is -3.23. The first kappa shape index (κ1) is 17.2. The van der Waals surface area contributed by atoms with Crippen molar-refractivity contribution in [3.8, 4) is 0 Å². The van der Waals surface area contributed by atoms with Gasteiger partial charge in [0.05, 0.1) is 12.0 Å². The summed E-state index contributed by atoms with van der Waals surface area (Å²) in [6.45, 7) is -0.115. The van der Waals surface area contributed by atoms with Gasteiger partial charge in [0.2, 0.25) is 5.91 Å². The van der Waals surface area contributed by atoms with Crippen molar-refractivity contribution in [3.05, 3.63) is 56.7 Å². The van der Waals surface area contributed by atoms with E-state index in [1.807, 2.05) is 0 Å². The summed E-state index contributed by atoms with van der Waals surface area (Å²) in [6, 6.07) is 4.70. The number of halogens is 1. The van der Waals surface area contributed by atoms with Crippen LogP contribution >= 0.6 is 0 Å². The van der Waals surface area contributed by atoms with Gasteiger partial charge < -0.3 is 9.47 Å². The Balaban J connectivity index is 1.79. The van der Waals surface area contributed by atoms with Gasteiger partial charge in [-0.3, -0.25) is 14.2 Å². The topological polar surface area (TPSA) is 82.1 Å². The SMILES string of the molecule is Cn1cnc2c1c(=O)n(CC(=O)N1CCCc3cccc(F)c31)c(=O)n2C.